The third-order valence-electron chi connectivity index (χ3n) is 4.42. The third kappa shape index (κ3) is 4.84. The van der Waals surface area contributed by atoms with Gasteiger partial charge >= 0.3 is 0 Å². The number of nitrogens with one attached hydrogen (secondary N) is 1. The van der Waals surface area contributed by atoms with E-state index in [9.17, 15) is 4.79 Å². The number of hydrogen-bond donors (Lipinski definition) is 2. The smallest absolute Gasteiger partial charge is 0.255 e. The molecule has 0 heterocycles. The van der Waals surface area contributed by atoms with Crippen LogP contribution in [0.1, 0.15) is 17.3 Å². The van der Waals surface area contributed by atoms with Gasteiger partial charge in [-0.25, -0.2) is 0 Å². The first kappa shape index (κ1) is 20.6. The van der Waals surface area contributed by atoms with Gasteiger partial charge in [0.05, 0.1) is 25.6 Å². The first-order chi connectivity index (χ1) is 14.0. The summed E-state index contributed by atoms with van der Waals surface area (Å²) in [5, 5.41) is 2.94. The molecule has 150 valence electrons. The number of amides is 1. The molecule has 6 heteroatoms. The van der Waals surface area contributed by atoms with Crippen LogP contribution in [0.2, 0.25) is 0 Å². The summed E-state index contributed by atoms with van der Waals surface area (Å²) in [7, 11) is 3.17. The van der Waals surface area contributed by atoms with Crippen molar-refractivity contribution >= 4 is 29.0 Å². The summed E-state index contributed by atoms with van der Waals surface area (Å²) in [5.41, 5.74) is 9.57. The molecule has 0 aliphatic carbocycles. The van der Waals surface area contributed by atoms with Crippen molar-refractivity contribution in [2.75, 3.05) is 31.0 Å². The van der Waals surface area contributed by atoms with Crippen molar-refractivity contribution in [3.63, 3.8) is 0 Å². The van der Waals surface area contributed by atoms with Crippen LogP contribution in [0.25, 0.3) is 11.1 Å². The van der Waals surface area contributed by atoms with E-state index in [1.807, 2.05) is 48.5 Å². The van der Waals surface area contributed by atoms with Crippen LogP contribution in [0.15, 0.2) is 65.6 Å². The number of ether oxygens (including phenoxy) is 2. The Bertz CT molecular complexity index is 1020. The molecule has 3 aromatic rings. The maximum absolute atomic E-state index is 12.7. The fourth-order valence-corrected chi connectivity index (χ4v) is 3.67. The zero-order chi connectivity index (χ0) is 20.8. The molecule has 0 radical (unpaired) electrons. The summed E-state index contributed by atoms with van der Waals surface area (Å²) in [6.07, 6.45) is 0. The Morgan fingerprint density at radius 2 is 1.66 bits per heavy atom. The second-order valence-corrected chi connectivity index (χ2v) is 7.62. The third-order valence-corrected chi connectivity index (χ3v) is 5.30. The SMILES string of the molecule is CCSc1cccc(C(=O)Nc2ccc(-c3ccc(N)c(OC)c3)cc2OC)c1. The molecule has 0 fully saturated rings. The molecule has 0 spiro atoms. The van der Waals surface area contributed by atoms with Crippen molar-refractivity contribution in [3.05, 3.63) is 66.2 Å². The van der Waals surface area contributed by atoms with Crippen LogP contribution < -0.4 is 20.5 Å². The van der Waals surface area contributed by atoms with E-state index >= 15 is 0 Å². The number of carbonyl (C=O) groups excluding carboxylic acids is 1. The average Bonchev–Trinajstić information content (AvgIpc) is 2.75. The molecule has 29 heavy (non-hydrogen) atoms. The molecule has 3 N–H and O–H groups in total. The highest BCUT2D eigenvalue weighted by Gasteiger charge is 2.12. The quantitative estimate of drug-likeness (QED) is 0.409. The van der Waals surface area contributed by atoms with Gasteiger partial charge in [-0.15, -0.1) is 11.8 Å². The Kier molecular flexibility index (Phi) is 6.67. The summed E-state index contributed by atoms with van der Waals surface area (Å²) in [6, 6.07) is 18.8. The molecule has 0 atom stereocenters. The lowest BCUT2D eigenvalue weighted by molar-refractivity contribution is 0.102. The standard InChI is InChI=1S/C23H24N2O3S/c1-4-29-18-7-5-6-17(12-18)23(26)25-20-11-9-16(14-22(20)28-3)15-8-10-19(24)21(13-15)27-2/h5-14H,4,24H2,1-3H3,(H,25,26). The molecule has 0 saturated heterocycles. The van der Waals surface area contributed by atoms with Gasteiger partial charge in [-0.05, 0) is 59.3 Å². The van der Waals surface area contributed by atoms with Crippen LogP contribution in [0.3, 0.4) is 0 Å². The fourth-order valence-electron chi connectivity index (χ4n) is 2.95. The van der Waals surface area contributed by atoms with E-state index in [0.29, 0.717) is 28.4 Å². The number of anilines is 2. The van der Waals surface area contributed by atoms with Crippen molar-refractivity contribution in [3.8, 4) is 22.6 Å². The largest absolute Gasteiger partial charge is 0.495 e. The minimum atomic E-state index is -0.177. The van der Waals surface area contributed by atoms with Gasteiger partial charge in [-0.3, -0.25) is 4.79 Å². The van der Waals surface area contributed by atoms with E-state index < -0.39 is 0 Å². The van der Waals surface area contributed by atoms with Crippen LogP contribution in [-0.4, -0.2) is 25.9 Å². The monoisotopic (exact) mass is 408 g/mol. The van der Waals surface area contributed by atoms with Gasteiger partial charge in [0, 0.05) is 10.5 Å². The van der Waals surface area contributed by atoms with E-state index in [1.54, 1.807) is 38.1 Å². The van der Waals surface area contributed by atoms with Gasteiger partial charge in [0.2, 0.25) is 0 Å². The Labute approximate surface area is 175 Å². The molecule has 3 aromatic carbocycles. The number of benzene rings is 3. The van der Waals surface area contributed by atoms with Crippen molar-refractivity contribution in [1.82, 2.24) is 0 Å². The summed E-state index contributed by atoms with van der Waals surface area (Å²) < 4.78 is 10.8. The first-order valence-corrected chi connectivity index (χ1v) is 10.2. The van der Waals surface area contributed by atoms with Crippen LogP contribution in [0.4, 0.5) is 11.4 Å². The number of rotatable bonds is 7. The summed E-state index contributed by atoms with van der Waals surface area (Å²) >= 11 is 1.70. The second-order valence-electron chi connectivity index (χ2n) is 6.29. The lowest BCUT2D eigenvalue weighted by Gasteiger charge is -2.13. The van der Waals surface area contributed by atoms with Gasteiger partial charge in [-0.2, -0.15) is 0 Å². The van der Waals surface area contributed by atoms with E-state index in [-0.39, 0.29) is 5.91 Å². The van der Waals surface area contributed by atoms with Gasteiger partial charge in [0.25, 0.3) is 5.91 Å². The minimum absolute atomic E-state index is 0.177. The van der Waals surface area contributed by atoms with Gasteiger partial charge in [0.1, 0.15) is 11.5 Å². The van der Waals surface area contributed by atoms with Crippen LogP contribution in [0.5, 0.6) is 11.5 Å². The maximum atomic E-state index is 12.7. The molecule has 0 bridgehead atoms. The highest BCUT2D eigenvalue weighted by molar-refractivity contribution is 7.99. The molecule has 1 amide bonds. The van der Waals surface area contributed by atoms with Crippen molar-refractivity contribution in [1.29, 1.82) is 0 Å². The first-order valence-electron chi connectivity index (χ1n) is 9.21. The predicted molar refractivity (Wildman–Crippen MR) is 120 cm³/mol. The number of nitrogen functional groups attached to an aromatic ring is 1. The summed E-state index contributed by atoms with van der Waals surface area (Å²) in [5.74, 6) is 1.97. The molecule has 5 nitrogen and oxygen atoms in total. The highest BCUT2D eigenvalue weighted by atomic mass is 32.2. The lowest BCUT2D eigenvalue weighted by atomic mass is 10.0. The molecule has 0 aliphatic rings. The Morgan fingerprint density at radius 1 is 0.966 bits per heavy atom. The van der Waals surface area contributed by atoms with Gasteiger partial charge in [0.15, 0.2) is 0 Å². The number of nitrogens with two attached hydrogens (primary N) is 1. The normalized spacial score (nSPS) is 10.4. The van der Waals surface area contributed by atoms with Crippen LogP contribution >= 0.6 is 11.8 Å². The molecular weight excluding hydrogens is 384 g/mol. The zero-order valence-corrected chi connectivity index (χ0v) is 17.5. The topological polar surface area (TPSA) is 73.6 Å². The summed E-state index contributed by atoms with van der Waals surface area (Å²) in [4.78, 5) is 13.8. The molecule has 0 saturated carbocycles. The number of carbonyl (C=O) groups is 1. The molecule has 0 unspecified atom stereocenters. The Balaban J connectivity index is 1.86. The lowest BCUT2D eigenvalue weighted by Crippen LogP contribution is -2.12. The van der Waals surface area contributed by atoms with Crippen molar-refractivity contribution < 1.29 is 14.3 Å². The van der Waals surface area contributed by atoms with Crippen LogP contribution in [0, 0.1) is 0 Å². The summed E-state index contributed by atoms with van der Waals surface area (Å²) in [6.45, 7) is 2.08. The van der Waals surface area contributed by atoms with Crippen molar-refractivity contribution in [2.45, 2.75) is 11.8 Å². The Morgan fingerprint density at radius 3 is 2.34 bits per heavy atom. The number of thioether (sulfide) groups is 1. The van der Waals surface area contributed by atoms with Crippen molar-refractivity contribution in [2.24, 2.45) is 0 Å². The molecular formula is C23H24N2O3S. The Hall–Kier alpha value is -3.12. The van der Waals surface area contributed by atoms with Gasteiger partial charge < -0.3 is 20.5 Å². The molecule has 0 aliphatic heterocycles. The number of hydrogen-bond acceptors (Lipinski definition) is 5. The average molecular weight is 409 g/mol. The van der Waals surface area contributed by atoms with Crippen LogP contribution in [-0.2, 0) is 0 Å². The molecule has 3 rings (SSSR count). The molecule has 0 aromatic heterocycles. The predicted octanol–water partition coefficient (Wildman–Crippen LogP) is 5.32. The number of methoxy groups -OCH3 is 2. The van der Waals surface area contributed by atoms with E-state index in [2.05, 4.69) is 12.2 Å². The van der Waals surface area contributed by atoms with Gasteiger partial charge in [-0.1, -0.05) is 25.1 Å². The second kappa shape index (κ2) is 9.39. The highest BCUT2D eigenvalue weighted by Crippen LogP contribution is 2.34. The fraction of sp³-hybridized carbons (Fsp3) is 0.174. The van der Waals surface area contributed by atoms with E-state index in [4.69, 9.17) is 15.2 Å². The van der Waals surface area contributed by atoms with E-state index in [0.717, 1.165) is 21.8 Å². The zero-order valence-electron chi connectivity index (χ0n) is 16.7. The van der Waals surface area contributed by atoms with E-state index in [1.165, 1.54) is 0 Å². The minimum Gasteiger partial charge on any atom is -0.495 e. The maximum Gasteiger partial charge on any atom is 0.255 e.